The highest BCUT2D eigenvalue weighted by molar-refractivity contribution is 6.24. The molecule has 0 spiro atoms. The maximum Gasteiger partial charge on any atom is 0.203 e. The largest absolute Gasteiger partial charge is 0.493 e. The number of nitrogens with zero attached hydrogens (tertiary/aromatic N) is 2. The van der Waals surface area contributed by atoms with Crippen molar-refractivity contribution in [2.75, 3.05) is 42.7 Å². The maximum atomic E-state index is 5.67. The Morgan fingerprint density at radius 3 is 1.65 bits per heavy atom. The molecule has 1 fully saturated rings. The average Bonchev–Trinajstić information content (AvgIpc) is 3.17. The third-order valence-corrected chi connectivity index (χ3v) is 7.28. The van der Waals surface area contributed by atoms with Crippen molar-refractivity contribution in [3.8, 4) is 34.5 Å². The molecular formula is C32H34N2O6. The Labute approximate surface area is 234 Å². The smallest absolute Gasteiger partial charge is 0.203 e. The molecule has 8 nitrogen and oxygen atoms in total. The van der Waals surface area contributed by atoms with Gasteiger partial charge in [0.25, 0.3) is 0 Å². The Balaban J connectivity index is 1.68. The molecule has 0 N–H and O–H groups in total. The quantitative estimate of drug-likeness (QED) is 0.310. The van der Waals surface area contributed by atoms with Crippen molar-refractivity contribution >= 4 is 28.9 Å². The van der Waals surface area contributed by atoms with Gasteiger partial charge in [0, 0.05) is 11.5 Å². The van der Waals surface area contributed by atoms with Crippen molar-refractivity contribution in [2.45, 2.75) is 19.3 Å². The van der Waals surface area contributed by atoms with Crippen molar-refractivity contribution in [1.29, 1.82) is 0 Å². The zero-order valence-electron chi connectivity index (χ0n) is 23.7. The Kier molecular flexibility index (Phi) is 7.96. The first-order valence-corrected chi connectivity index (χ1v) is 13.1. The highest BCUT2D eigenvalue weighted by atomic mass is 16.5. The summed E-state index contributed by atoms with van der Waals surface area (Å²) >= 11 is 0. The minimum atomic E-state index is -0.0303. The molecule has 1 aliphatic heterocycles. The van der Waals surface area contributed by atoms with Crippen LogP contribution in [0.15, 0.2) is 64.1 Å². The second-order valence-corrected chi connectivity index (χ2v) is 9.47. The lowest BCUT2D eigenvalue weighted by molar-refractivity contribution is 0.324. The Bertz CT molecular complexity index is 1460. The van der Waals surface area contributed by atoms with E-state index in [4.69, 9.17) is 38.4 Å². The van der Waals surface area contributed by atoms with Crippen molar-refractivity contribution in [3.05, 3.63) is 65.2 Å². The van der Waals surface area contributed by atoms with Crippen molar-refractivity contribution < 1.29 is 28.4 Å². The minimum absolute atomic E-state index is 0.0303. The van der Waals surface area contributed by atoms with E-state index in [9.17, 15) is 0 Å². The Hall–Kier alpha value is -4.46. The van der Waals surface area contributed by atoms with Crippen LogP contribution in [0.25, 0.3) is 6.08 Å². The molecule has 208 valence electrons. The minimum Gasteiger partial charge on any atom is -0.493 e. The number of hydrogen-bond donors (Lipinski definition) is 0. The second-order valence-electron chi connectivity index (χ2n) is 9.47. The molecular weight excluding hydrogens is 508 g/mol. The average molecular weight is 543 g/mol. The molecule has 2 aliphatic rings. The van der Waals surface area contributed by atoms with Crippen LogP contribution in [0.5, 0.6) is 34.5 Å². The van der Waals surface area contributed by atoms with E-state index in [1.807, 2.05) is 48.5 Å². The summed E-state index contributed by atoms with van der Waals surface area (Å²) in [5.41, 5.74) is 6.55. The number of aliphatic imine (C=N–C) groups is 2. The van der Waals surface area contributed by atoms with Gasteiger partial charge in [0.15, 0.2) is 23.0 Å². The van der Waals surface area contributed by atoms with Gasteiger partial charge in [-0.1, -0.05) is 12.1 Å². The maximum absolute atomic E-state index is 5.67. The van der Waals surface area contributed by atoms with E-state index in [0.29, 0.717) is 34.5 Å². The molecule has 3 aromatic rings. The van der Waals surface area contributed by atoms with Gasteiger partial charge in [-0.25, -0.2) is 4.99 Å². The first-order valence-electron chi connectivity index (χ1n) is 13.1. The molecule has 8 heteroatoms. The fraction of sp³-hybridized carbons (Fsp3) is 0.312. The van der Waals surface area contributed by atoms with Crippen LogP contribution in [-0.4, -0.2) is 54.1 Å². The van der Waals surface area contributed by atoms with E-state index >= 15 is 0 Å². The van der Waals surface area contributed by atoms with Gasteiger partial charge in [-0.3, -0.25) is 4.99 Å². The molecule has 0 aromatic heterocycles. The first-order chi connectivity index (χ1) is 19.5. The molecule has 1 heterocycles. The van der Waals surface area contributed by atoms with Crippen LogP contribution in [0.1, 0.15) is 30.4 Å². The number of ether oxygens (including phenoxy) is 6. The molecule has 5 rings (SSSR count). The Morgan fingerprint density at radius 1 is 0.650 bits per heavy atom. The Morgan fingerprint density at radius 2 is 1.15 bits per heavy atom. The number of allylic oxidation sites excluding steroid dienone is 1. The van der Waals surface area contributed by atoms with Crippen LogP contribution >= 0.6 is 0 Å². The molecule has 40 heavy (non-hydrogen) atoms. The number of rotatable bonds is 8. The fourth-order valence-electron chi connectivity index (χ4n) is 5.42. The van der Waals surface area contributed by atoms with Crippen LogP contribution < -0.4 is 28.4 Å². The molecule has 0 saturated heterocycles. The summed E-state index contributed by atoms with van der Waals surface area (Å²) in [6.07, 6.45) is 4.95. The number of benzene rings is 3. The van der Waals surface area contributed by atoms with Crippen molar-refractivity contribution in [1.82, 2.24) is 0 Å². The summed E-state index contributed by atoms with van der Waals surface area (Å²) < 4.78 is 33.6. The predicted molar refractivity (Wildman–Crippen MR) is 157 cm³/mol. The third kappa shape index (κ3) is 4.97. The number of methoxy groups -OCH3 is 6. The van der Waals surface area contributed by atoms with Gasteiger partial charge in [-0.2, -0.15) is 0 Å². The lowest BCUT2D eigenvalue weighted by Crippen LogP contribution is -2.29. The summed E-state index contributed by atoms with van der Waals surface area (Å²) in [6.45, 7) is 0. The zero-order chi connectivity index (χ0) is 28.2. The van der Waals surface area contributed by atoms with E-state index in [2.05, 4.69) is 6.08 Å². The van der Waals surface area contributed by atoms with Gasteiger partial charge in [0.1, 0.15) is 0 Å². The zero-order valence-corrected chi connectivity index (χ0v) is 23.7. The number of para-hydroxylation sites is 2. The number of fused-ring (bicyclic) bond motifs is 2. The van der Waals surface area contributed by atoms with Gasteiger partial charge in [-0.15, -0.1) is 0 Å². The normalized spacial score (nSPS) is 17.1. The molecule has 1 aliphatic carbocycles. The standard InChI is InChI=1S/C32H34N2O6/c1-35-25-15-19(16-26(36-2)31(25)39-5)14-20-10-9-11-22-29(20)33-23-12-7-8-13-24(23)34-30(22)21-17-27(37-3)32(40-6)28(18-21)38-4/h7-8,12-18,22H,9-11H2,1-6H3/b20-14+. The molecule has 3 aromatic carbocycles. The summed E-state index contributed by atoms with van der Waals surface area (Å²) in [5.74, 6) is 3.45. The molecule has 0 bridgehead atoms. The van der Waals surface area contributed by atoms with E-state index < -0.39 is 0 Å². The third-order valence-electron chi connectivity index (χ3n) is 7.28. The SMILES string of the molecule is COc1cc(/C=C2\CCCC3C2=Nc2ccccc2N=C3c2cc(OC)c(OC)c(OC)c2)cc(OC)c1OC. The van der Waals surface area contributed by atoms with Gasteiger partial charge >= 0.3 is 0 Å². The molecule has 0 radical (unpaired) electrons. The summed E-state index contributed by atoms with van der Waals surface area (Å²) in [6, 6.07) is 15.8. The van der Waals surface area contributed by atoms with Gasteiger partial charge in [-0.05, 0) is 72.9 Å². The summed E-state index contributed by atoms with van der Waals surface area (Å²) in [5, 5.41) is 0. The van der Waals surface area contributed by atoms with Crippen LogP contribution in [0.2, 0.25) is 0 Å². The van der Waals surface area contributed by atoms with E-state index in [-0.39, 0.29) is 5.92 Å². The molecule has 1 saturated carbocycles. The lowest BCUT2D eigenvalue weighted by atomic mass is 9.78. The van der Waals surface area contributed by atoms with Crippen LogP contribution in [-0.2, 0) is 0 Å². The van der Waals surface area contributed by atoms with Crippen molar-refractivity contribution in [2.24, 2.45) is 15.9 Å². The van der Waals surface area contributed by atoms with Crippen LogP contribution in [0, 0.1) is 5.92 Å². The predicted octanol–water partition coefficient (Wildman–Crippen LogP) is 6.83. The van der Waals surface area contributed by atoms with E-state index in [1.165, 1.54) is 0 Å². The molecule has 1 atom stereocenters. The molecule has 1 unspecified atom stereocenters. The van der Waals surface area contributed by atoms with Crippen LogP contribution in [0.4, 0.5) is 11.4 Å². The topological polar surface area (TPSA) is 80.1 Å². The van der Waals surface area contributed by atoms with Gasteiger partial charge in [0.2, 0.25) is 11.5 Å². The lowest BCUT2D eigenvalue weighted by Gasteiger charge is -2.28. The highest BCUT2D eigenvalue weighted by Crippen LogP contribution is 2.44. The van der Waals surface area contributed by atoms with E-state index in [0.717, 1.165) is 58.8 Å². The highest BCUT2D eigenvalue weighted by Gasteiger charge is 2.33. The fourth-order valence-corrected chi connectivity index (χ4v) is 5.42. The van der Waals surface area contributed by atoms with E-state index in [1.54, 1.807) is 42.7 Å². The summed E-state index contributed by atoms with van der Waals surface area (Å²) in [7, 11) is 9.69. The monoisotopic (exact) mass is 542 g/mol. The van der Waals surface area contributed by atoms with Gasteiger partial charge < -0.3 is 28.4 Å². The summed E-state index contributed by atoms with van der Waals surface area (Å²) in [4.78, 5) is 10.4. The second kappa shape index (κ2) is 11.7. The van der Waals surface area contributed by atoms with Crippen molar-refractivity contribution in [3.63, 3.8) is 0 Å². The molecule has 0 amide bonds. The first kappa shape index (κ1) is 27.1. The van der Waals surface area contributed by atoms with Gasteiger partial charge in [0.05, 0.1) is 65.5 Å². The van der Waals surface area contributed by atoms with Crippen LogP contribution in [0.3, 0.4) is 0 Å². The number of hydrogen-bond acceptors (Lipinski definition) is 8.